The lowest BCUT2D eigenvalue weighted by Gasteiger charge is -2.32. The lowest BCUT2D eigenvalue weighted by atomic mass is 10.0. The van der Waals surface area contributed by atoms with Gasteiger partial charge in [-0.25, -0.2) is 0 Å². The molecule has 1 aliphatic heterocycles. The Bertz CT molecular complexity index is 827. The second kappa shape index (κ2) is 9.02. The molecule has 0 bridgehead atoms. The number of hydrogen-bond acceptors (Lipinski definition) is 2. The van der Waals surface area contributed by atoms with Crippen molar-refractivity contribution in [3.8, 4) is 0 Å². The molecule has 0 aromatic heterocycles. The Morgan fingerprint density at radius 2 is 1.71 bits per heavy atom. The van der Waals surface area contributed by atoms with Gasteiger partial charge in [-0.05, 0) is 49.6 Å². The average molecular weight is 381 g/mol. The van der Waals surface area contributed by atoms with E-state index in [4.69, 9.17) is 0 Å². The van der Waals surface area contributed by atoms with Crippen molar-refractivity contribution in [3.05, 3.63) is 70.8 Å². The smallest absolute Gasteiger partial charge is 0.275 e. The van der Waals surface area contributed by atoms with Crippen LogP contribution in [0.25, 0.3) is 0 Å². The fourth-order valence-corrected chi connectivity index (χ4v) is 3.60. The lowest BCUT2D eigenvalue weighted by Crippen LogP contribution is -3.15. The molecule has 1 heterocycles. The molecule has 2 aromatic carbocycles. The fourth-order valence-electron chi connectivity index (χ4n) is 3.60. The number of nitrogens with one attached hydrogen (secondary N) is 2. The highest BCUT2D eigenvalue weighted by Crippen LogP contribution is 2.16. The van der Waals surface area contributed by atoms with Gasteiger partial charge in [-0.2, -0.15) is 0 Å². The number of piperazine rings is 1. The van der Waals surface area contributed by atoms with Gasteiger partial charge in [-0.1, -0.05) is 36.4 Å². The van der Waals surface area contributed by atoms with Gasteiger partial charge in [-0.3, -0.25) is 9.59 Å². The number of carbonyl (C=O) groups excluding carboxylic acids is 2. The molecule has 0 unspecified atom stereocenters. The first-order valence-electron chi connectivity index (χ1n) is 9.98. The van der Waals surface area contributed by atoms with Crippen molar-refractivity contribution in [1.82, 2.24) is 10.2 Å². The minimum absolute atomic E-state index is 0.00727. The third-order valence-corrected chi connectivity index (χ3v) is 5.60. The minimum Gasteiger partial charge on any atom is -0.345 e. The Kier molecular flexibility index (Phi) is 6.47. The number of aryl methyl sites for hydroxylation is 2. The highest BCUT2D eigenvalue weighted by molar-refractivity contribution is 5.94. The topological polar surface area (TPSA) is 53.9 Å². The van der Waals surface area contributed by atoms with Crippen molar-refractivity contribution in [3.63, 3.8) is 0 Å². The second-order valence-electron chi connectivity index (χ2n) is 7.72. The Morgan fingerprint density at radius 3 is 2.36 bits per heavy atom. The average Bonchev–Trinajstić information content (AvgIpc) is 2.70. The maximum Gasteiger partial charge on any atom is 0.275 e. The second-order valence-corrected chi connectivity index (χ2v) is 7.72. The number of rotatable bonds is 5. The predicted octanol–water partition coefficient (Wildman–Crippen LogP) is 1.52. The molecule has 0 aliphatic carbocycles. The number of hydrogen-bond donors (Lipinski definition) is 2. The van der Waals surface area contributed by atoms with E-state index >= 15 is 0 Å². The van der Waals surface area contributed by atoms with E-state index in [-0.39, 0.29) is 17.9 Å². The van der Waals surface area contributed by atoms with E-state index in [1.54, 1.807) is 0 Å². The molecule has 2 aromatic rings. The third-order valence-electron chi connectivity index (χ3n) is 5.60. The molecular formula is C23H30N3O2+. The predicted molar refractivity (Wildman–Crippen MR) is 110 cm³/mol. The largest absolute Gasteiger partial charge is 0.345 e. The number of quaternary nitrogens is 1. The van der Waals surface area contributed by atoms with Gasteiger partial charge >= 0.3 is 0 Å². The molecule has 148 valence electrons. The summed E-state index contributed by atoms with van der Waals surface area (Å²) >= 11 is 0. The van der Waals surface area contributed by atoms with Crippen LogP contribution in [0.15, 0.2) is 48.5 Å². The minimum atomic E-state index is -0.00727. The van der Waals surface area contributed by atoms with E-state index in [2.05, 4.69) is 37.4 Å². The Hall–Kier alpha value is -2.66. The summed E-state index contributed by atoms with van der Waals surface area (Å²) in [5.74, 6) is 0.135. The van der Waals surface area contributed by atoms with E-state index < -0.39 is 0 Å². The molecule has 1 aliphatic rings. The molecule has 5 nitrogen and oxygen atoms in total. The quantitative estimate of drug-likeness (QED) is 0.826. The first-order chi connectivity index (χ1) is 13.4. The monoisotopic (exact) mass is 380 g/mol. The van der Waals surface area contributed by atoms with Crippen LogP contribution < -0.4 is 10.2 Å². The SMILES string of the molecule is Cc1ccc([C@H](C)NC(=O)C[NH+]2CCN(C(=O)c3ccccc3)CC2)cc1C. The fraction of sp³-hybridized carbons (Fsp3) is 0.391. The summed E-state index contributed by atoms with van der Waals surface area (Å²) in [5.41, 5.74) is 4.36. The van der Waals surface area contributed by atoms with E-state index in [1.165, 1.54) is 16.0 Å². The van der Waals surface area contributed by atoms with Crippen molar-refractivity contribution in [1.29, 1.82) is 0 Å². The van der Waals surface area contributed by atoms with Gasteiger partial charge in [0.05, 0.1) is 32.2 Å². The summed E-state index contributed by atoms with van der Waals surface area (Å²) in [6, 6.07) is 15.7. The Labute approximate surface area is 167 Å². The van der Waals surface area contributed by atoms with Crippen LogP contribution >= 0.6 is 0 Å². The summed E-state index contributed by atoms with van der Waals surface area (Å²) in [5, 5.41) is 3.11. The van der Waals surface area contributed by atoms with E-state index in [1.807, 2.05) is 42.2 Å². The van der Waals surface area contributed by atoms with E-state index in [9.17, 15) is 9.59 Å². The van der Waals surface area contributed by atoms with E-state index in [0.29, 0.717) is 19.6 Å². The van der Waals surface area contributed by atoms with Crippen molar-refractivity contribution >= 4 is 11.8 Å². The summed E-state index contributed by atoms with van der Waals surface area (Å²) in [6.07, 6.45) is 0. The molecule has 1 saturated heterocycles. The normalized spacial score (nSPS) is 15.9. The van der Waals surface area contributed by atoms with Gasteiger partial charge in [0.25, 0.3) is 11.8 Å². The molecule has 2 N–H and O–H groups in total. The molecule has 0 radical (unpaired) electrons. The number of carbonyl (C=O) groups is 2. The van der Waals surface area contributed by atoms with Crippen LogP contribution in [0.4, 0.5) is 0 Å². The van der Waals surface area contributed by atoms with Crippen LogP contribution in [0, 0.1) is 13.8 Å². The molecule has 2 amide bonds. The summed E-state index contributed by atoms with van der Waals surface area (Å²) < 4.78 is 0. The van der Waals surface area contributed by atoms with Gasteiger partial charge < -0.3 is 15.1 Å². The van der Waals surface area contributed by atoms with Gasteiger partial charge in [0.15, 0.2) is 6.54 Å². The van der Waals surface area contributed by atoms with Crippen LogP contribution in [0.3, 0.4) is 0 Å². The van der Waals surface area contributed by atoms with Crippen LogP contribution in [-0.2, 0) is 4.79 Å². The summed E-state index contributed by atoms with van der Waals surface area (Å²) in [4.78, 5) is 28.1. The molecule has 0 spiro atoms. The zero-order valence-corrected chi connectivity index (χ0v) is 17.0. The summed E-state index contributed by atoms with van der Waals surface area (Å²) in [6.45, 7) is 9.61. The first-order valence-corrected chi connectivity index (χ1v) is 9.98. The standard InChI is InChI=1S/C23H29N3O2/c1-17-9-10-21(15-18(17)2)19(3)24-22(27)16-25-11-13-26(14-12-25)23(28)20-7-5-4-6-8-20/h4-10,15,19H,11-14,16H2,1-3H3,(H,24,27)/p+1/t19-/m0/s1. The first kappa shape index (κ1) is 20.1. The van der Waals surface area contributed by atoms with Crippen molar-refractivity contribution in [2.45, 2.75) is 26.8 Å². The van der Waals surface area contributed by atoms with Crippen LogP contribution in [0.5, 0.6) is 0 Å². The number of amides is 2. The van der Waals surface area contributed by atoms with Crippen LogP contribution in [0.2, 0.25) is 0 Å². The molecule has 1 atom stereocenters. The maximum atomic E-state index is 12.5. The summed E-state index contributed by atoms with van der Waals surface area (Å²) in [7, 11) is 0. The van der Waals surface area contributed by atoms with E-state index in [0.717, 1.165) is 24.2 Å². The highest BCUT2D eigenvalue weighted by atomic mass is 16.2. The molecule has 3 rings (SSSR count). The van der Waals surface area contributed by atoms with Crippen LogP contribution in [0.1, 0.15) is 40.0 Å². The third kappa shape index (κ3) is 4.98. The van der Waals surface area contributed by atoms with Gasteiger partial charge in [0.1, 0.15) is 0 Å². The molecule has 0 saturated carbocycles. The van der Waals surface area contributed by atoms with Crippen molar-refractivity contribution in [2.75, 3.05) is 32.7 Å². The molecule has 5 heteroatoms. The Balaban J connectivity index is 1.47. The number of benzene rings is 2. The van der Waals surface area contributed by atoms with Gasteiger partial charge in [-0.15, -0.1) is 0 Å². The van der Waals surface area contributed by atoms with Crippen molar-refractivity contribution < 1.29 is 14.5 Å². The van der Waals surface area contributed by atoms with Gasteiger partial charge in [0, 0.05) is 5.56 Å². The molecular weight excluding hydrogens is 350 g/mol. The zero-order valence-electron chi connectivity index (χ0n) is 17.0. The molecule has 28 heavy (non-hydrogen) atoms. The van der Waals surface area contributed by atoms with Crippen LogP contribution in [-0.4, -0.2) is 49.4 Å². The van der Waals surface area contributed by atoms with Crippen molar-refractivity contribution in [2.24, 2.45) is 0 Å². The highest BCUT2D eigenvalue weighted by Gasteiger charge is 2.26. The number of nitrogens with zero attached hydrogens (tertiary/aromatic N) is 1. The maximum absolute atomic E-state index is 12.5. The van der Waals surface area contributed by atoms with Gasteiger partial charge in [0.2, 0.25) is 0 Å². The zero-order chi connectivity index (χ0) is 20.1. The Morgan fingerprint density at radius 1 is 1.04 bits per heavy atom. The lowest BCUT2D eigenvalue weighted by molar-refractivity contribution is -0.896. The molecule has 1 fully saturated rings.